The molecule has 0 bridgehead atoms. The van der Waals surface area contributed by atoms with Gasteiger partial charge in [-0.15, -0.1) is 0 Å². The summed E-state index contributed by atoms with van der Waals surface area (Å²) in [6.07, 6.45) is -0.885. The van der Waals surface area contributed by atoms with Gasteiger partial charge in [-0.3, -0.25) is 0 Å². The first-order valence-corrected chi connectivity index (χ1v) is 7.31. The van der Waals surface area contributed by atoms with E-state index in [-0.39, 0.29) is 0 Å². The fourth-order valence-corrected chi connectivity index (χ4v) is 2.87. The van der Waals surface area contributed by atoms with Gasteiger partial charge in [-0.1, -0.05) is 39.7 Å². The van der Waals surface area contributed by atoms with Crippen molar-refractivity contribution in [3.63, 3.8) is 0 Å². The smallest absolute Gasteiger partial charge is 0.131 e. The lowest BCUT2D eigenvalue weighted by Gasteiger charge is -2.30. The summed E-state index contributed by atoms with van der Waals surface area (Å²) in [6, 6.07) is 9.89. The Labute approximate surface area is 129 Å². The molecule has 1 heterocycles. The molecule has 2 aromatic carbocycles. The molecule has 2 atom stereocenters. The van der Waals surface area contributed by atoms with Crippen LogP contribution >= 0.6 is 27.5 Å². The highest BCUT2D eigenvalue weighted by Gasteiger charge is 2.29. The zero-order valence-corrected chi connectivity index (χ0v) is 12.7. The van der Waals surface area contributed by atoms with Crippen LogP contribution in [0.4, 0.5) is 4.39 Å². The highest BCUT2D eigenvalue weighted by atomic mass is 79.9. The lowest BCUT2D eigenvalue weighted by molar-refractivity contribution is 0.0639. The van der Waals surface area contributed by atoms with Crippen molar-refractivity contribution >= 4 is 27.5 Å². The molecular weight excluding hydrogens is 347 g/mol. The molecule has 1 aliphatic heterocycles. The Morgan fingerprint density at radius 1 is 1.20 bits per heavy atom. The van der Waals surface area contributed by atoms with Crippen LogP contribution in [0.25, 0.3) is 0 Å². The summed E-state index contributed by atoms with van der Waals surface area (Å²) in [6.45, 7) is 0. The molecule has 5 heteroatoms. The molecule has 0 radical (unpaired) electrons. The summed E-state index contributed by atoms with van der Waals surface area (Å²) in [5, 5.41) is 10.5. The molecule has 2 aromatic rings. The van der Waals surface area contributed by atoms with Gasteiger partial charge in [0.15, 0.2) is 0 Å². The summed E-state index contributed by atoms with van der Waals surface area (Å²) in [7, 11) is 0. The molecular formula is C15H11BrClFO2. The highest BCUT2D eigenvalue weighted by molar-refractivity contribution is 9.10. The zero-order valence-electron chi connectivity index (χ0n) is 10.3. The number of hydrogen-bond donors (Lipinski definition) is 1. The Kier molecular flexibility index (Phi) is 3.71. The summed E-state index contributed by atoms with van der Waals surface area (Å²) in [4.78, 5) is 0. The molecule has 0 fully saturated rings. The van der Waals surface area contributed by atoms with Gasteiger partial charge < -0.3 is 9.84 Å². The molecule has 0 spiro atoms. The largest absolute Gasteiger partial charge is 0.485 e. The quantitative estimate of drug-likeness (QED) is 0.794. The zero-order chi connectivity index (χ0) is 14.3. The van der Waals surface area contributed by atoms with Gasteiger partial charge in [0.1, 0.15) is 17.7 Å². The van der Waals surface area contributed by atoms with Gasteiger partial charge in [0.25, 0.3) is 0 Å². The highest BCUT2D eigenvalue weighted by Crippen LogP contribution is 2.42. The number of halogens is 3. The fraction of sp³-hybridized carbons (Fsp3) is 0.200. The van der Waals surface area contributed by atoms with Crippen LogP contribution in [0, 0.1) is 5.82 Å². The van der Waals surface area contributed by atoms with E-state index in [2.05, 4.69) is 15.9 Å². The van der Waals surface area contributed by atoms with Crippen LogP contribution in [0.1, 0.15) is 29.8 Å². The van der Waals surface area contributed by atoms with E-state index in [0.717, 1.165) is 10.0 Å². The van der Waals surface area contributed by atoms with Crippen LogP contribution in [0.15, 0.2) is 40.9 Å². The predicted octanol–water partition coefficient (Wildman–Crippen LogP) is 4.80. The molecule has 0 saturated heterocycles. The predicted molar refractivity (Wildman–Crippen MR) is 78.5 cm³/mol. The van der Waals surface area contributed by atoms with Crippen molar-refractivity contribution in [3.8, 4) is 5.75 Å². The van der Waals surface area contributed by atoms with Gasteiger partial charge >= 0.3 is 0 Å². The minimum Gasteiger partial charge on any atom is -0.485 e. The summed E-state index contributed by atoms with van der Waals surface area (Å²) >= 11 is 9.11. The molecule has 104 valence electrons. The van der Waals surface area contributed by atoms with Crippen LogP contribution in [0.3, 0.4) is 0 Å². The van der Waals surface area contributed by atoms with Gasteiger partial charge in [0.2, 0.25) is 0 Å². The number of ether oxygens (including phenoxy) is 1. The van der Waals surface area contributed by atoms with E-state index in [1.165, 1.54) is 6.07 Å². The van der Waals surface area contributed by atoms with Crippen molar-refractivity contribution in [1.29, 1.82) is 0 Å². The Morgan fingerprint density at radius 2 is 1.95 bits per heavy atom. The van der Waals surface area contributed by atoms with E-state index in [1.54, 1.807) is 24.3 Å². The Balaban J connectivity index is 1.98. The summed E-state index contributed by atoms with van der Waals surface area (Å²) in [5.74, 6) is 0.144. The first-order chi connectivity index (χ1) is 9.54. The van der Waals surface area contributed by atoms with Gasteiger partial charge in [-0.25, -0.2) is 4.39 Å². The molecule has 0 saturated carbocycles. The van der Waals surface area contributed by atoms with Crippen LogP contribution in [0.2, 0.25) is 5.02 Å². The minimum atomic E-state index is -0.674. The molecule has 1 unspecified atom stereocenters. The maximum atomic E-state index is 14.0. The maximum absolute atomic E-state index is 14.0. The SMILES string of the molecule is O[C@@H]1CC(c2ccc(Cl)cc2F)Oc2cc(Br)ccc21. The lowest BCUT2D eigenvalue weighted by atomic mass is 9.95. The second kappa shape index (κ2) is 5.35. The van der Waals surface area contributed by atoms with Gasteiger partial charge in [-0.2, -0.15) is 0 Å². The van der Waals surface area contributed by atoms with Crippen molar-refractivity contribution in [2.75, 3.05) is 0 Å². The third-order valence-electron chi connectivity index (χ3n) is 3.35. The Bertz CT molecular complexity index is 662. The third-order valence-corrected chi connectivity index (χ3v) is 4.08. The number of rotatable bonds is 1. The van der Waals surface area contributed by atoms with E-state index in [0.29, 0.717) is 22.8 Å². The average molecular weight is 358 g/mol. The van der Waals surface area contributed by atoms with Gasteiger partial charge in [0.05, 0.1) is 6.10 Å². The van der Waals surface area contributed by atoms with Crippen LogP contribution < -0.4 is 4.74 Å². The molecule has 0 aliphatic carbocycles. The second-order valence-electron chi connectivity index (χ2n) is 4.71. The standard InChI is InChI=1S/C15H11BrClFO2/c16-8-1-3-11-13(19)7-15(20-14(11)5-8)10-4-2-9(17)6-12(10)18/h1-6,13,15,19H,7H2/t13-,15?/m1/s1. The van der Waals surface area contributed by atoms with Crippen LogP contribution in [0.5, 0.6) is 5.75 Å². The monoisotopic (exact) mass is 356 g/mol. The third kappa shape index (κ3) is 2.55. The number of fused-ring (bicyclic) bond motifs is 1. The Hall–Kier alpha value is -1.10. The van der Waals surface area contributed by atoms with E-state index in [9.17, 15) is 9.50 Å². The normalized spacial score (nSPS) is 21.2. The molecule has 0 amide bonds. The average Bonchev–Trinajstić information content (AvgIpc) is 2.37. The van der Waals surface area contributed by atoms with E-state index in [1.807, 2.05) is 6.07 Å². The maximum Gasteiger partial charge on any atom is 0.131 e. The molecule has 3 rings (SSSR count). The van der Waals surface area contributed by atoms with E-state index < -0.39 is 18.0 Å². The molecule has 20 heavy (non-hydrogen) atoms. The number of hydrogen-bond acceptors (Lipinski definition) is 2. The molecule has 1 N–H and O–H groups in total. The first kappa shape index (κ1) is 13.9. The first-order valence-electron chi connectivity index (χ1n) is 6.13. The van der Waals surface area contributed by atoms with E-state index >= 15 is 0 Å². The van der Waals surface area contributed by atoms with Crippen molar-refractivity contribution in [3.05, 3.63) is 62.8 Å². The van der Waals surface area contributed by atoms with Crippen molar-refractivity contribution < 1.29 is 14.2 Å². The topological polar surface area (TPSA) is 29.5 Å². The van der Waals surface area contributed by atoms with Gasteiger partial charge in [-0.05, 0) is 24.3 Å². The number of aliphatic hydroxyl groups is 1. The number of benzene rings is 2. The molecule has 0 aromatic heterocycles. The fourth-order valence-electron chi connectivity index (χ4n) is 2.37. The van der Waals surface area contributed by atoms with Crippen LogP contribution in [-0.2, 0) is 0 Å². The summed E-state index contributed by atoms with van der Waals surface area (Å²) in [5.41, 5.74) is 1.12. The summed E-state index contributed by atoms with van der Waals surface area (Å²) < 4.78 is 20.6. The van der Waals surface area contributed by atoms with Crippen molar-refractivity contribution in [2.24, 2.45) is 0 Å². The molecule has 2 nitrogen and oxygen atoms in total. The van der Waals surface area contributed by atoms with Crippen molar-refractivity contribution in [2.45, 2.75) is 18.6 Å². The number of aliphatic hydroxyl groups excluding tert-OH is 1. The second-order valence-corrected chi connectivity index (χ2v) is 6.06. The molecule has 1 aliphatic rings. The van der Waals surface area contributed by atoms with Crippen LogP contribution in [-0.4, -0.2) is 5.11 Å². The lowest BCUT2D eigenvalue weighted by Crippen LogP contribution is -2.20. The Morgan fingerprint density at radius 3 is 2.70 bits per heavy atom. The van der Waals surface area contributed by atoms with Crippen molar-refractivity contribution in [1.82, 2.24) is 0 Å². The minimum absolute atomic E-state index is 0.313. The van der Waals surface area contributed by atoms with E-state index in [4.69, 9.17) is 16.3 Å². The van der Waals surface area contributed by atoms with Gasteiger partial charge in [0, 0.05) is 27.0 Å².